The van der Waals surface area contributed by atoms with Gasteiger partial charge in [0, 0.05) is 18.7 Å². The highest BCUT2D eigenvalue weighted by Crippen LogP contribution is 2.11. The first-order chi connectivity index (χ1) is 9.72. The number of halogens is 1. The van der Waals surface area contributed by atoms with Crippen LogP contribution >= 0.6 is 0 Å². The molecule has 2 rings (SSSR count). The van der Waals surface area contributed by atoms with Gasteiger partial charge in [0.1, 0.15) is 5.82 Å². The molecule has 0 amide bonds. The van der Waals surface area contributed by atoms with Crippen molar-refractivity contribution in [3.8, 4) is 6.07 Å². The van der Waals surface area contributed by atoms with E-state index in [4.69, 9.17) is 10.4 Å². The zero-order valence-electron chi connectivity index (χ0n) is 10.9. The van der Waals surface area contributed by atoms with Crippen molar-refractivity contribution >= 4 is 0 Å². The quantitative estimate of drug-likeness (QED) is 0.877. The summed E-state index contributed by atoms with van der Waals surface area (Å²) in [5, 5.41) is 21.0. The number of benzene rings is 2. The number of nitriles is 1. The fraction of sp³-hybridized carbons (Fsp3) is 0.188. The molecular formula is C16H15FN2O. The van der Waals surface area contributed by atoms with E-state index in [2.05, 4.69) is 11.4 Å². The van der Waals surface area contributed by atoms with E-state index in [-0.39, 0.29) is 12.4 Å². The van der Waals surface area contributed by atoms with E-state index >= 15 is 0 Å². The highest BCUT2D eigenvalue weighted by atomic mass is 19.1. The predicted molar refractivity (Wildman–Crippen MR) is 74.0 cm³/mol. The molecule has 0 fully saturated rings. The summed E-state index contributed by atoms with van der Waals surface area (Å²) in [7, 11) is 0. The van der Waals surface area contributed by atoms with Crippen molar-refractivity contribution in [2.24, 2.45) is 0 Å². The normalized spacial score (nSPS) is 10.2. The van der Waals surface area contributed by atoms with Gasteiger partial charge in [-0.1, -0.05) is 18.2 Å². The number of aliphatic hydroxyl groups is 1. The van der Waals surface area contributed by atoms with Gasteiger partial charge in [0.15, 0.2) is 0 Å². The highest BCUT2D eigenvalue weighted by molar-refractivity contribution is 5.31. The minimum Gasteiger partial charge on any atom is -0.392 e. The van der Waals surface area contributed by atoms with Crippen LogP contribution in [0.3, 0.4) is 0 Å². The highest BCUT2D eigenvalue weighted by Gasteiger charge is 2.02. The third-order valence-corrected chi connectivity index (χ3v) is 3.02. The number of aliphatic hydroxyl groups excluding tert-OH is 1. The summed E-state index contributed by atoms with van der Waals surface area (Å²) < 4.78 is 13.2. The summed E-state index contributed by atoms with van der Waals surface area (Å²) in [6.07, 6.45) is 0. The second-order valence-corrected chi connectivity index (χ2v) is 4.50. The molecule has 0 saturated carbocycles. The lowest BCUT2D eigenvalue weighted by molar-refractivity contribution is 0.275. The van der Waals surface area contributed by atoms with Crippen LogP contribution < -0.4 is 5.32 Å². The zero-order chi connectivity index (χ0) is 14.4. The maximum Gasteiger partial charge on any atom is 0.128 e. The van der Waals surface area contributed by atoms with Gasteiger partial charge in [-0.3, -0.25) is 0 Å². The summed E-state index contributed by atoms with van der Waals surface area (Å²) in [6, 6.07) is 14.1. The Morgan fingerprint density at radius 1 is 1.05 bits per heavy atom. The Morgan fingerprint density at radius 3 is 2.35 bits per heavy atom. The van der Waals surface area contributed by atoms with Gasteiger partial charge in [0.2, 0.25) is 0 Å². The Labute approximate surface area is 117 Å². The number of nitrogens with zero attached hydrogens (tertiary/aromatic N) is 1. The zero-order valence-corrected chi connectivity index (χ0v) is 10.9. The summed E-state index contributed by atoms with van der Waals surface area (Å²) in [5.74, 6) is -0.386. The lowest BCUT2D eigenvalue weighted by atomic mass is 10.1. The third-order valence-electron chi connectivity index (χ3n) is 3.02. The van der Waals surface area contributed by atoms with Crippen molar-refractivity contribution in [1.29, 1.82) is 5.26 Å². The summed E-state index contributed by atoms with van der Waals surface area (Å²) in [4.78, 5) is 0. The van der Waals surface area contributed by atoms with Gasteiger partial charge in [-0.2, -0.15) is 5.26 Å². The molecule has 0 aliphatic heterocycles. The van der Waals surface area contributed by atoms with Crippen molar-refractivity contribution in [2.45, 2.75) is 19.7 Å². The van der Waals surface area contributed by atoms with Crippen LogP contribution in [0.1, 0.15) is 22.3 Å². The molecule has 0 aliphatic carbocycles. The van der Waals surface area contributed by atoms with Crippen molar-refractivity contribution in [1.82, 2.24) is 5.32 Å². The lowest BCUT2D eigenvalue weighted by Crippen LogP contribution is -2.13. The third kappa shape index (κ3) is 3.64. The van der Waals surface area contributed by atoms with E-state index in [1.807, 2.05) is 12.1 Å². The maximum atomic E-state index is 13.2. The molecule has 0 radical (unpaired) electrons. The molecule has 0 aromatic heterocycles. The molecule has 0 bridgehead atoms. The van der Waals surface area contributed by atoms with Crippen molar-refractivity contribution in [2.75, 3.05) is 0 Å². The molecule has 0 aliphatic rings. The van der Waals surface area contributed by atoms with Gasteiger partial charge in [-0.15, -0.1) is 0 Å². The van der Waals surface area contributed by atoms with Crippen LogP contribution in [0.5, 0.6) is 0 Å². The minimum atomic E-state index is -0.386. The molecule has 2 aromatic carbocycles. The standard InChI is InChI=1S/C16H15FN2O/c17-16-6-5-14(7-15(16)11-20)10-19-9-13-3-1-12(8-18)2-4-13/h1-7,19-20H,9-11H2. The van der Waals surface area contributed by atoms with Crippen LogP contribution in [-0.2, 0) is 19.7 Å². The van der Waals surface area contributed by atoms with Crippen molar-refractivity contribution in [3.63, 3.8) is 0 Å². The molecule has 2 N–H and O–H groups in total. The van der Waals surface area contributed by atoms with Crippen LogP contribution in [-0.4, -0.2) is 5.11 Å². The number of nitrogens with one attached hydrogen (secondary N) is 1. The summed E-state index contributed by atoms with van der Waals surface area (Å²) >= 11 is 0. The molecule has 4 heteroatoms. The monoisotopic (exact) mass is 270 g/mol. The van der Waals surface area contributed by atoms with Crippen LogP contribution in [0.15, 0.2) is 42.5 Å². The first-order valence-corrected chi connectivity index (χ1v) is 6.31. The predicted octanol–water partition coefficient (Wildman–Crippen LogP) is 2.48. The van der Waals surface area contributed by atoms with Crippen molar-refractivity contribution < 1.29 is 9.50 Å². The molecule has 0 spiro atoms. The first-order valence-electron chi connectivity index (χ1n) is 6.31. The van der Waals surface area contributed by atoms with Crippen molar-refractivity contribution in [3.05, 3.63) is 70.5 Å². The number of hydrogen-bond donors (Lipinski definition) is 2. The van der Waals surface area contributed by atoms with Crippen LogP contribution in [0, 0.1) is 17.1 Å². The first kappa shape index (κ1) is 14.2. The summed E-state index contributed by atoms with van der Waals surface area (Å²) in [6.45, 7) is 0.958. The Hall–Kier alpha value is -2.22. The van der Waals surface area contributed by atoms with E-state index in [1.165, 1.54) is 6.07 Å². The second kappa shape index (κ2) is 6.80. The van der Waals surface area contributed by atoms with E-state index in [0.717, 1.165) is 11.1 Å². The molecule has 2 aromatic rings. The van der Waals surface area contributed by atoms with E-state index in [1.54, 1.807) is 24.3 Å². The average Bonchev–Trinajstić information content (AvgIpc) is 2.49. The molecule has 0 unspecified atom stereocenters. The molecule has 102 valence electrons. The molecule has 0 atom stereocenters. The van der Waals surface area contributed by atoms with Crippen LogP contribution in [0.25, 0.3) is 0 Å². The maximum absolute atomic E-state index is 13.2. The lowest BCUT2D eigenvalue weighted by Gasteiger charge is -2.07. The van der Waals surface area contributed by atoms with Gasteiger partial charge < -0.3 is 10.4 Å². The Bertz CT molecular complexity index is 617. The smallest absolute Gasteiger partial charge is 0.128 e. The van der Waals surface area contributed by atoms with E-state index in [9.17, 15) is 4.39 Å². The largest absolute Gasteiger partial charge is 0.392 e. The van der Waals surface area contributed by atoms with Gasteiger partial charge in [-0.05, 0) is 35.4 Å². The second-order valence-electron chi connectivity index (χ2n) is 4.50. The minimum absolute atomic E-state index is 0.296. The fourth-order valence-corrected chi connectivity index (χ4v) is 1.91. The number of rotatable bonds is 5. The summed E-state index contributed by atoms with van der Waals surface area (Å²) in [5.41, 5.74) is 2.94. The van der Waals surface area contributed by atoms with Gasteiger partial charge in [0.25, 0.3) is 0 Å². The Balaban J connectivity index is 1.90. The molecular weight excluding hydrogens is 255 g/mol. The van der Waals surface area contributed by atoms with E-state index < -0.39 is 0 Å². The topological polar surface area (TPSA) is 56.0 Å². The molecule has 20 heavy (non-hydrogen) atoms. The van der Waals surface area contributed by atoms with E-state index in [0.29, 0.717) is 24.2 Å². The molecule has 0 saturated heterocycles. The van der Waals surface area contributed by atoms with Crippen LogP contribution in [0.2, 0.25) is 0 Å². The Morgan fingerprint density at radius 2 is 1.70 bits per heavy atom. The average molecular weight is 270 g/mol. The Kier molecular flexibility index (Phi) is 4.83. The van der Waals surface area contributed by atoms with Gasteiger partial charge in [0.05, 0.1) is 18.2 Å². The van der Waals surface area contributed by atoms with Crippen LogP contribution in [0.4, 0.5) is 4.39 Å². The van der Waals surface area contributed by atoms with Gasteiger partial charge >= 0.3 is 0 Å². The van der Waals surface area contributed by atoms with Gasteiger partial charge in [-0.25, -0.2) is 4.39 Å². The molecule has 3 nitrogen and oxygen atoms in total. The molecule has 0 heterocycles. The number of hydrogen-bond acceptors (Lipinski definition) is 3. The fourth-order valence-electron chi connectivity index (χ4n) is 1.91. The SMILES string of the molecule is N#Cc1ccc(CNCc2ccc(F)c(CO)c2)cc1.